The number of hydrogen-bond acceptors (Lipinski definition) is 2. The van der Waals surface area contributed by atoms with E-state index in [2.05, 4.69) is 5.32 Å². The van der Waals surface area contributed by atoms with Crippen molar-refractivity contribution in [3.63, 3.8) is 0 Å². The quantitative estimate of drug-likeness (QED) is 0.846. The molecule has 0 saturated carbocycles. The minimum Gasteiger partial charge on any atom is -0.395 e. The molecule has 94 valence electrons. The monoisotopic (exact) mass is 240 g/mol. The van der Waals surface area contributed by atoms with Gasteiger partial charge >= 0.3 is 6.03 Å². The first kappa shape index (κ1) is 13.4. The lowest BCUT2D eigenvalue weighted by atomic mass is 10.3. The van der Waals surface area contributed by atoms with Gasteiger partial charge in [-0.1, -0.05) is 6.07 Å². The summed E-state index contributed by atoms with van der Waals surface area (Å²) in [7, 11) is 0. The van der Waals surface area contributed by atoms with Gasteiger partial charge < -0.3 is 15.3 Å². The van der Waals surface area contributed by atoms with Gasteiger partial charge in [-0.25, -0.2) is 9.18 Å². The molecule has 0 saturated heterocycles. The second-order valence-corrected chi connectivity index (χ2v) is 3.95. The Bertz CT molecular complexity index is 383. The normalized spacial score (nSPS) is 10.4. The van der Waals surface area contributed by atoms with E-state index in [9.17, 15) is 9.18 Å². The summed E-state index contributed by atoms with van der Waals surface area (Å²) >= 11 is 0. The fourth-order valence-corrected chi connectivity index (χ4v) is 1.46. The Morgan fingerprint density at radius 2 is 2.24 bits per heavy atom. The summed E-state index contributed by atoms with van der Waals surface area (Å²) < 4.78 is 12.9. The molecule has 5 heteroatoms. The first-order valence-electron chi connectivity index (χ1n) is 5.48. The highest BCUT2D eigenvalue weighted by Gasteiger charge is 2.16. The molecule has 17 heavy (non-hydrogen) atoms. The van der Waals surface area contributed by atoms with Crippen molar-refractivity contribution in [1.82, 2.24) is 4.90 Å². The molecule has 0 aromatic heterocycles. The van der Waals surface area contributed by atoms with Crippen molar-refractivity contribution < 1.29 is 14.3 Å². The van der Waals surface area contributed by atoms with Gasteiger partial charge in [0.15, 0.2) is 0 Å². The number of benzene rings is 1. The van der Waals surface area contributed by atoms with Gasteiger partial charge in [-0.15, -0.1) is 0 Å². The molecule has 1 aromatic carbocycles. The molecule has 0 aliphatic rings. The first-order valence-corrected chi connectivity index (χ1v) is 5.48. The van der Waals surface area contributed by atoms with Gasteiger partial charge in [0.2, 0.25) is 0 Å². The van der Waals surface area contributed by atoms with Crippen LogP contribution >= 0.6 is 0 Å². The molecule has 1 aromatic rings. The van der Waals surface area contributed by atoms with Gasteiger partial charge in [-0.2, -0.15) is 0 Å². The van der Waals surface area contributed by atoms with Crippen LogP contribution in [-0.2, 0) is 0 Å². The highest BCUT2D eigenvalue weighted by Crippen LogP contribution is 2.11. The zero-order chi connectivity index (χ0) is 12.8. The average molecular weight is 240 g/mol. The fourth-order valence-electron chi connectivity index (χ4n) is 1.46. The highest BCUT2D eigenvalue weighted by molar-refractivity contribution is 5.89. The van der Waals surface area contributed by atoms with Crippen LogP contribution in [0, 0.1) is 5.82 Å². The number of carbonyl (C=O) groups excluding carboxylic acids is 1. The maximum Gasteiger partial charge on any atom is 0.322 e. The number of rotatable bonds is 4. The summed E-state index contributed by atoms with van der Waals surface area (Å²) in [6.45, 7) is 3.84. The predicted molar refractivity (Wildman–Crippen MR) is 64.3 cm³/mol. The van der Waals surface area contributed by atoms with E-state index >= 15 is 0 Å². The Hall–Kier alpha value is -1.62. The molecule has 1 rings (SSSR count). The van der Waals surface area contributed by atoms with E-state index < -0.39 is 5.82 Å². The minimum atomic E-state index is -0.402. The topological polar surface area (TPSA) is 52.6 Å². The molecule has 0 aliphatic carbocycles. The SMILES string of the molecule is CC(C)N(CCO)C(=O)Nc1cccc(F)c1. The van der Waals surface area contributed by atoms with Crippen LogP contribution < -0.4 is 5.32 Å². The summed E-state index contributed by atoms with van der Waals surface area (Å²) in [5.41, 5.74) is 0.401. The summed E-state index contributed by atoms with van der Waals surface area (Å²) in [4.78, 5) is 13.3. The van der Waals surface area contributed by atoms with Crippen molar-refractivity contribution >= 4 is 11.7 Å². The van der Waals surface area contributed by atoms with E-state index in [1.165, 1.54) is 23.1 Å². The number of anilines is 1. The van der Waals surface area contributed by atoms with Gasteiger partial charge in [0.05, 0.1) is 6.61 Å². The maximum absolute atomic E-state index is 12.9. The van der Waals surface area contributed by atoms with Gasteiger partial charge in [0.25, 0.3) is 0 Å². The number of amides is 2. The van der Waals surface area contributed by atoms with Gasteiger partial charge in [-0.3, -0.25) is 0 Å². The zero-order valence-electron chi connectivity index (χ0n) is 9.98. The molecule has 0 fully saturated rings. The molecule has 0 spiro atoms. The Morgan fingerprint density at radius 1 is 1.53 bits per heavy atom. The molecule has 2 amide bonds. The Balaban J connectivity index is 2.69. The van der Waals surface area contributed by atoms with E-state index in [-0.39, 0.29) is 25.2 Å². The molecular formula is C12H17FN2O2. The maximum atomic E-state index is 12.9. The third-order valence-electron chi connectivity index (χ3n) is 2.30. The van der Waals surface area contributed by atoms with Crippen molar-refractivity contribution in [2.45, 2.75) is 19.9 Å². The summed E-state index contributed by atoms with van der Waals surface area (Å²) in [5, 5.41) is 11.4. The van der Waals surface area contributed by atoms with Crippen LogP contribution in [0.1, 0.15) is 13.8 Å². The van der Waals surface area contributed by atoms with E-state index in [4.69, 9.17) is 5.11 Å². The van der Waals surface area contributed by atoms with Crippen LogP contribution in [0.4, 0.5) is 14.9 Å². The van der Waals surface area contributed by atoms with Crippen molar-refractivity contribution in [3.8, 4) is 0 Å². The third-order valence-corrected chi connectivity index (χ3v) is 2.30. The second-order valence-electron chi connectivity index (χ2n) is 3.95. The van der Waals surface area contributed by atoms with E-state index in [0.29, 0.717) is 5.69 Å². The average Bonchev–Trinajstić information content (AvgIpc) is 2.25. The van der Waals surface area contributed by atoms with Gasteiger partial charge in [0.1, 0.15) is 5.82 Å². The van der Waals surface area contributed by atoms with E-state index in [1.807, 2.05) is 13.8 Å². The molecule has 0 aliphatic heterocycles. The van der Waals surface area contributed by atoms with Crippen LogP contribution in [0.25, 0.3) is 0 Å². The van der Waals surface area contributed by atoms with Crippen LogP contribution in [-0.4, -0.2) is 35.2 Å². The van der Waals surface area contributed by atoms with Crippen LogP contribution in [0.3, 0.4) is 0 Å². The lowest BCUT2D eigenvalue weighted by molar-refractivity contribution is 0.172. The molecular weight excluding hydrogens is 223 g/mol. The molecule has 0 radical (unpaired) electrons. The Morgan fingerprint density at radius 3 is 2.76 bits per heavy atom. The minimum absolute atomic E-state index is 0.0318. The van der Waals surface area contributed by atoms with E-state index in [0.717, 1.165) is 0 Å². The summed E-state index contributed by atoms with van der Waals surface area (Å²) in [6, 6.07) is 5.31. The van der Waals surface area contributed by atoms with Crippen LogP contribution in [0.2, 0.25) is 0 Å². The first-order chi connectivity index (χ1) is 8.04. The van der Waals surface area contributed by atoms with Gasteiger partial charge in [0, 0.05) is 18.3 Å². The summed E-state index contributed by atoms with van der Waals surface area (Å²) in [5.74, 6) is -0.402. The van der Waals surface area contributed by atoms with Crippen molar-refractivity contribution in [3.05, 3.63) is 30.1 Å². The number of carbonyl (C=O) groups is 1. The van der Waals surface area contributed by atoms with Gasteiger partial charge in [-0.05, 0) is 32.0 Å². The third kappa shape index (κ3) is 4.03. The fraction of sp³-hybridized carbons (Fsp3) is 0.417. The second kappa shape index (κ2) is 6.20. The zero-order valence-corrected chi connectivity index (χ0v) is 9.98. The molecule has 0 bridgehead atoms. The van der Waals surface area contributed by atoms with Crippen LogP contribution in [0.5, 0.6) is 0 Å². The Kier molecular flexibility index (Phi) is 4.90. The smallest absolute Gasteiger partial charge is 0.322 e. The molecule has 0 heterocycles. The van der Waals surface area contributed by atoms with Crippen molar-refractivity contribution in [2.75, 3.05) is 18.5 Å². The number of urea groups is 1. The standard InChI is InChI=1S/C12H17FN2O2/c1-9(2)15(6-7-16)12(17)14-11-5-3-4-10(13)8-11/h3-5,8-9,16H,6-7H2,1-2H3,(H,14,17). The number of nitrogens with one attached hydrogen (secondary N) is 1. The predicted octanol–water partition coefficient (Wildman–Crippen LogP) is 2.06. The van der Waals surface area contributed by atoms with Crippen molar-refractivity contribution in [2.24, 2.45) is 0 Å². The molecule has 0 unspecified atom stereocenters. The number of aliphatic hydroxyl groups excluding tert-OH is 1. The lowest BCUT2D eigenvalue weighted by Gasteiger charge is -2.26. The molecule has 4 nitrogen and oxygen atoms in total. The largest absolute Gasteiger partial charge is 0.395 e. The lowest BCUT2D eigenvalue weighted by Crippen LogP contribution is -2.41. The number of halogens is 1. The molecule has 2 N–H and O–H groups in total. The van der Waals surface area contributed by atoms with E-state index in [1.54, 1.807) is 6.07 Å². The highest BCUT2D eigenvalue weighted by atomic mass is 19.1. The Labute approximate surface area is 100 Å². The number of aliphatic hydroxyl groups is 1. The van der Waals surface area contributed by atoms with Crippen molar-refractivity contribution in [1.29, 1.82) is 0 Å². The number of nitrogens with zero attached hydrogens (tertiary/aromatic N) is 1. The molecule has 0 atom stereocenters. The number of hydrogen-bond donors (Lipinski definition) is 2. The summed E-state index contributed by atoms with van der Waals surface area (Å²) in [6.07, 6.45) is 0. The van der Waals surface area contributed by atoms with Crippen LogP contribution in [0.15, 0.2) is 24.3 Å².